The van der Waals surface area contributed by atoms with E-state index in [1.807, 2.05) is 56.3 Å². The van der Waals surface area contributed by atoms with E-state index >= 15 is 0 Å². The Morgan fingerprint density at radius 1 is 1.21 bits per heavy atom. The van der Waals surface area contributed by atoms with Gasteiger partial charge in [0.15, 0.2) is 6.61 Å². The van der Waals surface area contributed by atoms with E-state index in [0.717, 1.165) is 21.2 Å². The highest BCUT2D eigenvalue weighted by Crippen LogP contribution is 2.31. The van der Waals surface area contributed by atoms with Gasteiger partial charge in [-0.05, 0) is 42.3 Å². The molecule has 3 rings (SSSR count). The Morgan fingerprint density at radius 2 is 1.96 bits per heavy atom. The molecule has 0 aliphatic rings. The lowest BCUT2D eigenvalue weighted by Crippen LogP contribution is -2.20. The van der Waals surface area contributed by atoms with Crippen LogP contribution in [0.4, 0.5) is 5.00 Å². The SMILES string of the molecule is Cc1sc(NC(=O)COc2ccc3ccccc3c2)c(C#N)c1C. The van der Waals surface area contributed by atoms with E-state index in [1.165, 1.54) is 11.3 Å². The number of hydrogen-bond acceptors (Lipinski definition) is 4. The smallest absolute Gasteiger partial charge is 0.262 e. The minimum absolute atomic E-state index is 0.0980. The number of hydrogen-bond donors (Lipinski definition) is 1. The van der Waals surface area contributed by atoms with E-state index in [4.69, 9.17) is 4.74 Å². The Bertz CT molecular complexity index is 954. The van der Waals surface area contributed by atoms with Crippen molar-refractivity contribution in [2.24, 2.45) is 0 Å². The van der Waals surface area contributed by atoms with Gasteiger partial charge in [0.05, 0.1) is 5.56 Å². The summed E-state index contributed by atoms with van der Waals surface area (Å²) in [6.45, 7) is 3.72. The number of aryl methyl sites for hydroxylation is 1. The largest absolute Gasteiger partial charge is 0.484 e. The van der Waals surface area contributed by atoms with Crippen LogP contribution in [0.15, 0.2) is 42.5 Å². The monoisotopic (exact) mass is 336 g/mol. The molecule has 0 bridgehead atoms. The molecule has 1 heterocycles. The normalized spacial score (nSPS) is 10.4. The number of carbonyl (C=O) groups is 1. The van der Waals surface area contributed by atoms with Crippen molar-refractivity contribution in [3.63, 3.8) is 0 Å². The first-order chi connectivity index (χ1) is 11.6. The molecule has 0 fully saturated rings. The molecule has 0 aliphatic carbocycles. The molecular formula is C19H16N2O2S. The van der Waals surface area contributed by atoms with Gasteiger partial charge in [-0.1, -0.05) is 30.3 Å². The third kappa shape index (κ3) is 3.24. The Balaban J connectivity index is 1.67. The zero-order chi connectivity index (χ0) is 17.1. The second kappa shape index (κ2) is 6.73. The highest BCUT2D eigenvalue weighted by Gasteiger charge is 2.14. The van der Waals surface area contributed by atoms with Crippen molar-refractivity contribution in [2.75, 3.05) is 11.9 Å². The number of nitriles is 1. The van der Waals surface area contributed by atoms with E-state index < -0.39 is 0 Å². The van der Waals surface area contributed by atoms with Crippen LogP contribution in [0, 0.1) is 25.2 Å². The number of carbonyl (C=O) groups excluding carboxylic acids is 1. The number of fused-ring (bicyclic) bond motifs is 1. The van der Waals surface area contributed by atoms with Gasteiger partial charge in [-0.25, -0.2) is 0 Å². The average molecular weight is 336 g/mol. The van der Waals surface area contributed by atoms with Crippen LogP contribution in [-0.2, 0) is 4.79 Å². The molecule has 2 aromatic carbocycles. The Kier molecular flexibility index (Phi) is 4.50. The average Bonchev–Trinajstić information content (AvgIpc) is 2.86. The van der Waals surface area contributed by atoms with Crippen molar-refractivity contribution < 1.29 is 9.53 Å². The third-order valence-electron chi connectivity index (χ3n) is 3.84. The van der Waals surface area contributed by atoms with Gasteiger partial charge in [-0.15, -0.1) is 11.3 Å². The van der Waals surface area contributed by atoms with Crippen LogP contribution in [0.5, 0.6) is 5.75 Å². The molecule has 5 heteroatoms. The lowest BCUT2D eigenvalue weighted by Gasteiger charge is -2.07. The summed E-state index contributed by atoms with van der Waals surface area (Å²) in [5.74, 6) is 0.365. The molecular weight excluding hydrogens is 320 g/mol. The van der Waals surface area contributed by atoms with E-state index in [-0.39, 0.29) is 12.5 Å². The number of thiophene rings is 1. The predicted molar refractivity (Wildman–Crippen MR) is 96.6 cm³/mol. The Labute approximate surface area is 144 Å². The van der Waals surface area contributed by atoms with Gasteiger partial charge < -0.3 is 10.1 Å². The van der Waals surface area contributed by atoms with Crippen molar-refractivity contribution in [3.05, 3.63) is 58.5 Å². The van der Waals surface area contributed by atoms with Gasteiger partial charge in [-0.3, -0.25) is 4.79 Å². The molecule has 0 spiro atoms. The van der Waals surface area contributed by atoms with Gasteiger partial charge in [0.1, 0.15) is 16.8 Å². The standard InChI is InChI=1S/C19H16N2O2S/c1-12-13(2)24-19(17(12)10-20)21-18(22)11-23-16-8-7-14-5-3-4-6-15(14)9-16/h3-9H,11H2,1-2H3,(H,21,22). The number of benzene rings is 2. The number of nitrogens with one attached hydrogen (secondary N) is 1. The minimum atomic E-state index is -0.277. The van der Waals surface area contributed by atoms with E-state index in [0.29, 0.717) is 16.3 Å². The summed E-state index contributed by atoms with van der Waals surface area (Å²) < 4.78 is 5.57. The Hall–Kier alpha value is -2.84. The zero-order valence-electron chi connectivity index (χ0n) is 13.4. The summed E-state index contributed by atoms with van der Waals surface area (Å²) in [5.41, 5.74) is 1.44. The summed E-state index contributed by atoms with van der Waals surface area (Å²) >= 11 is 1.41. The van der Waals surface area contributed by atoms with Crippen LogP contribution < -0.4 is 10.1 Å². The highest BCUT2D eigenvalue weighted by atomic mass is 32.1. The number of nitrogens with zero attached hydrogens (tertiary/aromatic N) is 1. The molecule has 0 radical (unpaired) electrons. The molecule has 0 saturated heterocycles. The molecule has 3 aromatic rings. The fourth-order valence-corrected chi connectivity index (χ4v) is 3.45. The quantitative estimate of drug-likeness (QED) is 0.768. The van der Waals surface area contributed by atoms with Crippen LogP contribution >= 0.6 is 11.3 Å². The van der Waals surface area contributed by atoms with Crippen LogP contribution in [0.1, 0.15) is 16.0 Å². The zero-order valence-corrected chi connectivity index (χ0v) is 14.2. The second-order valence-electron chi connectivity index (χ2n) is 5.44. The highest BCUT2D eigenvalue weighted by molar-refractivity contribution is 7.16. The summed E-state index contributed by atoms with van der Waals surface area (Å²) in [4.78, 5) is 13.1. The van der Waals surface area contributed by atoms with Gasteiger partial charge in [0.2, 0.25) is 0 Å². The molecule has 120 valence electrons. The molecule has 24 heavy (non-hydrogen) atoms. The topological polar surface area (TPSA) is 62.1 Å². The maximum absolute atomic E-state index is 12.1. The van der Waals surface area contributed by atoms with Crippen LogP contribution in [-0.4, -0.2) is 12.5 Å². The van der Waals surface area contributed by atoms with E-state index in [1.54, 1.807) is 0 Å². The molecule has 0 aliphatic heterocycles. The number of ether oxygens (including phenoxy) is 1. The first kappa shape index (κ1) is 16.0. The van der Waals surface area contributed by atoms with E-state index in [2.05, 4.69) is 11.4 Å². The molecule has 4 nitrogen and oxygen atoms in total. The number of rotatable bonds is 4. The lowest BCUT2D eigenvalue weighted by molar-refractivity contribution is -0.118. The van der Waals surface area contributed by atoms with Crippen molar-refractivity contribution in [2.45, 2.75) is 13.8 Å². The number of amides is 1. The summed E-state index contributed by atoms with van der Waals surface area (Å²) in [6, 6.07) is 15.8. The summed E-state index contributed by atoms with van der Waals surface area (Å²) in [7, 11) is 0. The van der Waals surface area contributed by atoms with Gasteiger partial charge >= 0.3 is 0 Å². The summed E-state index contributed by atoms with van der Waals surface area (Å²) in [6.07, 6.45) is 0. The maximum atomic E-state index is 12.1. The van der Waals surface area contributed by atoms with Crippen LogP contribution in [0.3, 0.4) is 0 Å². The molecule has 1 amide bonds. The molecule has 0 saturated carbocycles. The Morgan fingerprint density at radius 3 is 2.71 bits per heavy atom. The van der Waals surface area contributed by atoms with E-state index in [9.17, 15) is 10.1 Å². The first-order valence-electron chi connectivity index (χ1n) is 7.50. The fraction of sp³-hybridized carbons (Fsp3) is 0.158. The minimum Gasteiger partial charge on any atom is -0.484 e. The van der Waals surface area contributed by atoms with Crippen molar-refractivity contribution in [1.82, 2.24) is 0 Å². The van der Waals surface area contributed by atoms with Crippen LogP contribution in [0.25, 0.3) is 10.8 Å². The maximum Gasteiger partial charge on any atom is 0.262 e. The van der Waals surface area contributed by atoms with Crippen molar-refractivity contribution in [3.8, 4) is 11.8 Å². The van der Waals surface area contributed by atoms with Crippen molar-refractivity contribution >= 4 is 33.0 Å². The third-order valence-corrected chi connectivity index (χ3v) is 4.96. The second-order valence-corrected chi connectivity index (χ2v) is 6.67. The number of anilines is 1. The first-order valence-corrected chi connectivity index (χ1v) is 8.31. The van der Waals surface area contributed by atoms with Gasteiger partial charge in [0.25, 0.3) is 5.91 Å². The van der Waals surface area contributed by atoms with Crippen LogP contribution in [0.2, 0.25) is 0 Å². The van der Waals surface area contributed by atoms with Gasteiger partial charge in [-0.2, -0.15) is 5.26 Å². The molecule has 0 atom stereocenters. The lowest BCUT2D eigenvalue weighted by atomic mass is 10.1. The summed E-state index contributed by atoms with van der Waals surface area (Å²) in [5, 5.41) is 14.7. The molecule has 1 N–H and O–H groups in total. The predicted octanol–water partition coefficient (Wildman–Crippen LogP) is 4.41. The fourth-order valence-electron chi connectivity index (χ4n) is 2.42. The molecule has 1 aromatic heterocycles. The van der Waals surface area contributed by atoms with Crippen molar-refractivity contribution in [1.29, 1.82) is 5.26 Å². The molecule has 0 unspecified atom stereocenters. The van der Waals surface area contributed by atoms with Gasteiger partial charge in [0, 0.05) is 4.88 Å².